The van der Waals surface area contributed by atoms with E-state index in [1.54, 1.807) is 29.8 Å². The van der Waals surface area contributed by atoms with Crippen molar-refractivity contribution in [1.82, 2.24) is 10.3 Å². The molecule has 1 atom stereocenters. The van der Waals surface area contributed by atoms with Crippen molar-refractivity contribution in [2.24, 2.45) is 5.73 Å². The van der Waals surface area contributed by atoms with E-state index in [0.717, 1.165) is 11.3 Å². The molecule has 6 heteroatoms. The zero-order valence-electron chi connectivity index (χ0n) is 11.0. The Morgan fingerprint density at radius 2 is 2.15 bits per heavy atom. The normalized spacial score (nSPS) is 12.1. The summed E-state index contributed by atoms with van der Waals surface area (Å²) >= 11 is 1.54. The molecule has 106 valence electrons. The SMILES string of the molecule is N[C@@H](Cc1ccc(O)cc1)C(=O)NCCc1cscn1. The Bertz CT molecular complexity index is 540. The summed E-state index contributed by atoms with van der Waals surface area (Å²) < 4.78 is 0. The molecule has 2 rings (SSSR count). The van der Waals surface area contributed by atoms with E-state index in [9.17, 15) is 9.90 Å². The van der Waals surface area contributed by atoms with E-state index in [0.29, 0.717) is 19.4 Å². The lowest BCUT2D eigenvalue weighted by atomic mass is 10.1. The molecule has 0 fully saturated rings. The number of hydrogen-bond donors (Lipinski definition) is 3. The summed E-state index contributed by atoms with van der Waals surface area (Å²) in [5, 5.41) is 14.0. The van der Waals surface area contributed by atoms with Crippen molar-refractivity contribution in [2.45, 2.75) is 18.9 Å². The van der Waals surface area contributed by atoms with Crippen LogP contribution < -0.4 is 11.1 Å². The van der Waals surface area contributed by atoms with Gasteiger partial charge >= 0.3 is 0 Å². The highest BCUT2D eigenvalue weighted by atomic mass is 32.1. The van der Waals surface area contributed by atoms with Gasteiger partial charge in [0.25, 0.3) is 0 Å². The van der Waals surface area contributed by atoms with Gasteiger partial charge < -0.3 is 16.2 Å². The fourth-order valence-electron chi connectivity index (χ4n) is 1.78. The van der Waals surface area contributed by atoms with Crippen LogP contribution >= 0.6 is 11.3 Å². The van der Waals surface area contributed by atoms with Crippen LogP contribution in [0.15, 0.2) is 35.2 Å². The number of rotatable bonds is 6. The number of phenols is 1. The Kier molecular flexibility index (Phi) is 5.09. The number of benzene rings is 1. The van der Waals surface area contributed by atoms with E-state index in [2.05, 4.69) is 10.3 Å². The number of phenolic OH excluding ortho intramolecular Hbond substituents is 1. The smallest absolute Gasteiger partial charge is 0.237 e. The molecule has 0 bridgehead atoms. The van der Waals surface area contributed by atoms with Gasteiger partial charge in [0.05, 0.1) is 17.2 Å². The molecular weight excluding hydrogens is 274 g/mol. The number of carbonyl (C=O) groups excluding carboxylic acids is 1. The number of nitrogens with zero attached hydrogens (tertiary/aromatic N) is 1. The van der Waals surface area contributed by atoms with E-state index in [1.807, 2.05) is 5.38 Å². The number of aromatic nitrogens is 1. The van der Waals surface area contributed by atoms with Gasteiger partial charge in [-0.15, -0.1) is 11.3 Å². The first-order chi connectivity index (χ1) is 9.65. The van der Waals surface area contributed by atoms with E-state index >= 15 is 0 Å². The lowest BCUT2D eigenvalue weighted by Gasteiger charge is -2.12. The Labute approximate surface area is 121 Å². The van der Waals surface area contributed by atoms with Gasteiger partial charge in [0.2, 0.25) is 5.91 Å². The molecule has 0 radical (unpaired) electrons. The van der Waals surface area contributed by atoms with Crippen molar-refractivity contribution in [2.75, 3.05) is 6.54 Å². The number of thiazole rings is 1. The Hall–Kier alpha value is -1.92. The van der Waals surface area contributed by atoms with Gasteiger partial charge in [-0.2, -0.15) is 0 Å². The summed E-state index contributed by atoms with van der Waals surface area (Å²) in [4.78, 5) is 16.0. The van der Waals surface area contributed by atoms with Gasteiger partial charge in [0.1, 0.15) is 5.75 Å². The van der Waals surface area contributed by atoms with Crippen molar-refractivity contribution >= 4 is 17.2 Å². The molecule has 0 saturated carbocycles. The third-order valence-electron chi connectivity index (χ3n) is 2.89. The molecule has 5 nitrogen and oxygen atoms in total. The maximum absolute atomic E-state index is 11.8. The molecule has 20 heavy (non-hydrogen) atoms. The van der Waals surface area contributed by atoms with Crippen molar-refractivity contribution in [3.8, 4) is 5.75 Å². The number of carbonyl (C=O) groups is 1. The molecule has 0 spiro atoms. The molecule has 0 saturated heterocycles. The number of hydrogen-bond acceptors (Lipinski definition) is 5. The molecule has 4 N–H and O–H groups in total. The molecule has 0 unspecified atom stereocenters. The molecule has 0 aliphatic rings. The summed E-state index contributed by atoms with van der Waals surface area (Å²) in [5.74, 6) is 0.0309. The second kappa shape index (κ2) is 7.02. The Balaban J connectivity index is 1.75. The average molecular weight is 291 g/mol. The van der Waals surface area contributed by atoms with Gasteiger partial charge in [0, 0.05) is 18.3 Å². The zero-order chi connectivity index (χ0) is 14.4. The molecule has 1 amide bonds. The van der Waals surface area contributed by atoms with E-state index in [1.165, 1.54) is 11.3 Å². The van der Waals surface area contributed by atoms with Gasteiger partial charge in [-0.3, -0.25) is 4.79 Å². The highest BCUT2D eigenvalue weighted by molar-refractivity contribution is 7.07. The predicted octanol–water partition coefficient (Wildman–Crippen LogP) is 1.08. The van der Waals surface area contributed by atoms with E-state index in [4.69, 9.17) is 5.73 Å². The summed E-state index contributed by atoms with van der Waals surface area (Å²) in [6.07, 6.45) is 1.16. The monoisotopic (exact) mass is 291 g/mol. The topological polar surface area (TPSA) is 88.2 Å². The van der Waals surface area contributed by atoms with Gasteiger partial charge in [-0.25, -0.2) is 4.98 Å². The fourth-order valence-corrected chi connectivity index (χ4v) is 2.38. The Morgan fingerprint density at radius 1 is 1.40 bits per heavy atom. The zero-order valence-corrected chi connectivity index (χ0v) is 11.8. The van der Waals surface area contributed by atoms with Gasteiger partial charge in [0.15, 0.2) is 0 Å². The maximum atomic E-state index is 11.8. The van der Waals surface area contributed by atoms with Crippen molar-refractivity contribution in [1.29, 1.82) is 0 Å². The highest BCUT2D eigenvalue weighted by Gasteiger charge is 2.13. The van der Waals surface area contributed by atoms with Crippen LogP contribution in [0, 0.1) is 0 Å². The fraction of sp³-hybridized carbons (Fsp3) is 0.286. The van der Waals surface area contributed by atoms with Crippen LogP contribution in [-0.2, 0) is 17.6 Å². The van der Waals surface area contributed by atoms with Gasteiger partial charge in [-0.1, -0.05) is 12.1 Å². The lowest BCUT2D eigenvalue weighted by Crippen LogP contribution is -2.42. The minimum atomic E-state index is -0.588. The van der Waals surface area contributed by atoms with Crippen LogP contribution in [-0.4, -0.2) is 28.6 Å². The number of nitrogens with two attached hydrogens (primary N) is 1. The Morgan fingerprint density at radius 3 is 2.80 bits per heavy atom. The van der Waals surface area contributed by atoms with Gasteiger partial charge in [-0.05, 0) is 24.1 Å². The second-order valence-corrected chi connectivity index (χ2v) is 5.22. The minimum absolute atomic E-state index is 0.173. The first kappa shape index (κ1) is 14.5. The highest BCUT2D eigenvalue weighted by Crippen LogP contribution is 2.10. The largest absolute Gasteiger partial charge is 0.508 e. The third kappa shape index (κ3) is 4.32. The number of aromatic hydroxyl groups is 1. The molecule has 0 aliphatic carbocycles. The summed E-state index contributed by atoms with van der Waals surface area (Å²) in [7, 11) is 0. The van der Waals surface area contributed by atoms with Crippen molar-refractivity contribution < 1.29 is 9.90 Å². The van der Waals surface area contributed by atoms with Crippen LogP contribution in [0.5, 0.6) is 5.75 Å². The first-order valence-corrected chi connectivity index (χ1v) is 7.27. The van der Waals surface area contributed by atoms with E-state index < -0.39 is 6.04 Å². The predicted molar refractivity (Wildman–Crippen MR) is 78.6 cm³/mol. The van der Waals surface area contributed by atoms with Crippen LogP contribution in [0.25, 0.3) is 0 Å². The molecule has 1 aromatic carbocycles. The van der Waals surface area contributed by atoms with Crippen LogP contribution in [0.1, 0.15) is 11.3 Å². The molecule has 0 aliphatic heterocycles. The third-order valence-corrected chi connectivity index (χ3v) is 3.53. The van der Waals surface area contributed by atoms with Crippen molar-refractivity contribution in [3.63, 3.8) is 0 Å². The van der Waals surface area contributed by atoms with Crippen LogP contribution in [0.2, 0.25) is 0 Å². The standard InChI is InChI=1S/C14H17N3O2S/c15-13(7-10-1-3-12(18)4-2-10)14(19)16-6-5-11-8-20-9-17-11/h1-4,8-9,13,18H,5-7,15H2,(H,16,19)/t13-/m0/s1. The van der Waals surface area contributed by atoms with Crippen LogP contribution in [0.4, 0.5) is 0 Å². The summed E-state index contributed by atoms with van der Waals surface area (Å²) in [6.45, 7) is 0.534. The molecule has 2 aromatic rings. The quantitative estimate of drug-likeness (QED) is 0.743. The number of amides is 1. The summed E-state index contributed by atoms with van der Waals surface area (Å²) in [5.41, 5.74) is 9.53. The number of nitrogens with one attached hydrogen (secondary N) is 1. The van der Waals surface area contributed by atoms with E-state index in [-0.39, 0.29) is 11.7 Å². The maximum Gasteiger partial charge on any atom is 0.237 e. The van der Waals surface area contributed by atoms with Crippen LogP contribution in [0.3, 0.4) is 0 Å². The average Bonchev–Trinajstić information content (AvgIpc) is 2.94. The first-order valence-electron chi connectivity index (χ1n) is 6.33. The van der Waals surface area contributed by atoms with Crippen molar-refractivity contribution in [3.05, 3.63) is 46.4 Å². The molecule has 1 heterocycles. The molecule has 1 aromatic heterocycles. The minimum Gasteiger partial charge on any atom is -0.508 e. The lowest BCUT2D eigenvalue weighted by molar-refractivity contribution is -0.122. The summed E-state index contributed by atoms with van der Waals surface area (Å²) in [6, 6.07) is 6.11. The second-order valence-electron chi connectivity index (χ2n) is 4.50. The molecular formula is C14H17N3O2S.